The lowest BCUT2D eigenvalue weighted by atomic mass is 9.94. The summed E-state index contributed by atoms with van der Waals surface area (Å²) in [7, 11) is 0. The topological polar surface area (TPSA) is 23.8 Å². The Morgan fingerprint density at radius 2 is 1.79 bits per heavy atom. The second-order valence-corrected chi connectivity index (χ2v) is 4.08. The molecular weight excluding hydrogens is 170 g/mol. The van der Waals surface area contributed by atoms with Crippen LogP contribution in [-0.2, 0) is 0 Å². The molecule has 1 rings (SSSR count). The largest absolute Gasteiger partial charge is 0.197 e. The molecule has 0 amide bonds. The van der Waals surface area contributed by atoms with Crippen LogP contribution in [0.4, 0.5) is 0 Å². The molecule has 0 bridgehead atoms. The number of nitriles is 1. The molecule has 0 aromatic heterocycles. The zero-order chi connectivity index (χ0) is 10.6. The molecule has 1 aromatic carbocycles. The number of allylic oxidation sites excluding steroid dienone is 1. The summed E-state index contributed by atoms with van der Waals surface area (Å²) in [4.78, 5) is 0. The second-order valence-electron chi connectivity index (χ2n) is 4.08. The monoisotopic (exact) mass is 185 g/mol. The van der Waals surface area contributed by atoms with E-state index in [0.29, 0.717) is 0 Å². The van der Waals surface area contributed by atoms with E-state index in [9.17, 15) is 0 Å². The van der Waals surface area contributed by atoms with Crippen LogP contribution in [-0.4, -0.2) is 0 Å². The highest BCUT2D eigenvalue weighted by Crippen LogP contribution is 2.17. The van der Waals surface area contributed by atoms with Gasteiger partial charge in [-0.25, -0.2) is 0 Å². The Morgan fingerprint density at radius 3 is 2.29 bits per heavy atom. The molecule has 0 atom stereocenters. The Morgan fingerprint density at radius 1 is 1.21 bits per heavy atom. The summed E-state index contributed by atoms with van der Waals surface area (Å²) < 4.78 is 0. The van der Waals surface area contributed by atoms with Crippen LogP contribution in [0.1, 0.15) is 25.0 Å². The zero-order valence-corrected chi connectivity index (χ0v) is 8.91. The number of nitrogens with zero attached hydrogens (tertiary/aromatic N) is 1. The summed E-state index contributed by atoms with van der Waals surface area (Å²) in [6.45, 7) is 5.86. The molecule has 14 heavy (non-hydrogen) atoms. The van der Waals surface area contributed by atoms with Crippen LogP contribution in [0.2, 0.25) is 0 Å². The second kappa shape index (κ2) is 4.11. The van der Waals surface area contributed by atoms with Crippen LogP contribution in [0.25, 0.3) is 6.08 Å². The van der Waals surface area contributed by atoms with E-state index in [4.69, 9.17) is 5.26 Å². The van der Waals surface area contributed by atoms with Crippen molar-refractivity contribution in [3.05, 3.63) is 41.5 Å². The van der Waals surface area contributed by atoms with E-state index in [-0.39, 0.29) is 5.41 Å². The van der Waals surface area contributed by atoms with Crippen LogP contribution < -0.4 is 0 Å². The van der Waals surface area contributed by atoms with E-state index < -0.39 is 0 Å². The maximum absolute atomic E-state index is 8.81. The fourth-order valence-corrected chi connectivity index (χ4v) is 1.02. The first-order chi connectivity index (χ1) is 6.53. The Bertz CT molecular complexity index is 363. The molecule has 1 aromatic rings. The fourth-order valence-electron chi connectivity index (χ4n) is 1.02. The Balaban J connectivity index is 2.80. The Labute approximate surface area is 85.7 Å². The van der Waals surface area contributed by atoms with Gasteiger partial charge in [0.25, 0.3) is 0 Å². The van der Waals surface area contributed by atoms with Crippen molar-refractivity contribution in [3.63, 3.8) is 0 Å². The van der Waals surface area contributed by atoms with Crippen molar-refractivity contribution in [2.45, 2.75) is 20.8 Å². The molecule has 0 N–H and O–H groups in total. The number of rotatable bonds is 2. The Kier molecular flexibility index (Phi) is 3.09. The van der Waals surface area contributed by atoms with Gasteiger partial charge in [-0.2, -0.15) is 5.26 Å². The summed E-state index contributed by atoms with van der Waals surface area (Å²) in [6.07, 6.45) is 3.92. The van der Waals surface area contributed by atoms with E-state index in [2.05, 4.69) is 37.3 Å². The summed E-state index contributed by atoms with van der Waals surface area (Å²) in [5, 5.41) is 8.81. The van der Waals surface area contributed by atoms with Gasteiger partial charge < -0.3 is 0 Å². The lowest BCUT2D eigenvalue weighted by Crippen LogP contribution is -2.01. The van der Waals surface area contributed by atoms with Gasteiger partial charge in [0.15, 0.2) is 0 Å². The third-order valence-corrected chi connectivity index (χ3v) is 2.06. The number of benzene rings is 1. The molecule has 0 aliphatic rings. The molecule has 0 saturated heterocycles. The highest BCUT2D eigenvalue weighted by atomic mass is 14.3. The summed E-state index contributed by atoms with van der Waals surface area (Å²) >= 11 is 0. The van der Waals surface area contributed by atoms with Crippen molar-refractivity contribution in [3.8, 4) is 6.07 Å². The van der Waals surface area contributed by atoms with Crippen molar-refractivity contribution in [1.82, 2.24) is 0 Å². The average molecular weight is 185 g/mol. The summed E-state index contributed by atoms with van der Waals surface area (Å²) in [6, 6.07) is 10.5. The van der Waals surface area contributed by atoms with E-state index >= 15 is 0 Å². The predicted molar refractivity (Wildman–Crippen MR) is 59.6 cm³/mol. The molecule has 0 aliphatic heterocycles. The standard InChI is InChI=1S/C13H15N/c1-11-4-6-12(7-5-11)8-9-13(2,3)10-14/h4-9H,1-3H3/b9-8+. The van der Waals surface area contributed by atoms with Gasteiger partial charge in [0, 0.05) is 0 Å². The molecular formula is C13H15N. The van der Waals surface area contributed by atoms with Crippen molar-refractivity contribution < 1.29 is 0 Å². The highest BCUT2D eigenvalue weighted by Gasteiger charge is 2.10. The molecule has 1 nitrogen and oxygen atoms in total. The molecule has 0 aliphatic carbocycles. The van der Waals surface area contributed by atoms with E-state index in [0.717, 1.165) is 5.56 Å². The van der Waals surface area contributed by atoms with Gasteiger partial charge in [-0.05, 0) is 26.3 Å². The number of aryl methyl sites for hydroxylation is 1. The van der Waals surface area contributed by atoms with Crippen LogP contribution in [0.3, 0.4) is 0 Å². The maximum atomic E-state index is 8.81. The van der Waals surface area contributed by atoms with Crippen molar-refractivity contribution in [2.75, 3.05) is 0 Å². The first-order valence-corrected chi connectivity index (χ1v) is 4.71. The van der Waals surface area contributed by atoms with Gasteiger partial charge in [0.1, 0.15) is 0 Å². The molecule has 0 saturated carbocycles. The highest BCUT2D eigenvalue weighted by molar-refractivity contribution is 5.51. The first kappa shape index (κ1) is 10.5. The quantitative estimate of drug-likeness (QED) is 0.691. The van der Waals surface area contributed by atoms with Gasteiger partial charge in [0.05, 0.1) is 11.5 Å². The average Bonchev–Trinajstić information content (AvgIpc) is 2.17. The smallest absolute Gasteiger partial charge is 0.0725 e. The molecule has 0 unspecified atom stereocenters. The third-order valence-electron chi connectivity index (χ3n) is 2.06. The minimum atomic E-state index is -0.384. The van der Waals surface area contributed by atoms with E-state index in [1.54, 1.807) is 0 Å². The van der Waals surface area contributed by atoms with Crippen LogP contribution in [0.15, 0.2) is 30.3 Å². The van der Waals surface area contributed by atoms with Crippen LogP contribution in [0.5, 0.6) is 0 Å². The zero-order valence-electron chi connectivity index (χ0n) is 8.91. The minimum Gasteiger partial charge on any atom is -0.197 e. The van der Waals surface area contributed by atoms with Gasteiger partial charge >= 0.3 is 0 Å². The first-order valence-electron chi connectivity index (χ1n) is 4.71. The number of hydrogen-bond acceptors (Lipinski definition) is 1. The molecule has 0 heterocycles. The molecule has 1 heteroatoms. The normalized spacial score (nSPS) is 11.6. The molecule has 0 radical (unpaired) electrons. The van der Waals surface area contributed by atoms with E-state index in [1.165, 1.54) is 5.56 Å². The van der Waals surface area contributed by atoms with Gasteiger partial charge in [-0.15, -0.1) is 0 Å². The lowest BCUT2D eigenvalue weighted by Gasteiger charge is -2.07. The fraction of sp³-hybridized carbons (Fsp3) is 0.308. The third kappa shape index (κ3) is 3.06. The summed E-state index contributed by atoms with van der Waals surface area (Å²) in [5.74, 6) is 0. The summed E-state index contributed by atoms with van der Waals surface area (Å²) in [5.41, 5.74) is 2.01. The number of hydrogen-bond donors (Lipinski definition) is 0. The Hall–Kier alpha value is -1.55. The van der Waals surface area contributed by atoms with Crippen LogP contribution in [0, 0.1) is 23.7 Å². The van der Waals surface area contributed by atoms with Crippen LogP contribution >= 0.6 is 0 Å². The van der Waals surface area contributed by atoms with Crippen molar-refractivity contribution in [2.24, 2.45) is 5.41 Å². The maximum Gasteiger partial charge on any atom is 0.0725 e. The lowest BCUT2D eigenvalue weighted by molar-refractivity contribution is 0.647. The minimum absolute atomic E-state index is 0.384. The predicted octanol–water partition coefficient (Wildman–Crippen LogP) is 3.56. The SMILES string of the molecule is Cc1ccc(/C=C/C(C)(C)C#N)cc1. The van der Waals surface area contributed by atoms with Gasteiger partial charge in [0.2, 0.25) is 0 Å². The van der Waals surface area contributed by atoms with Gasteiger partial charge in [-0.3, -0.25) is 0 Å². The molecule has 0 fully saturated rings. The van der Waals surface area contributed by atoms with Crippen molar-refractivity contribution in [1.29, 1.82) is 5.26 Å². The van der Waals surface area contributed by atoms with Gasteiger partial charge in [-0.1, -0.05) is 42.0 Å². The molecule has 72 valence electrons. The van der Waals surface area contributed by atoms with Crippen molar-refractivity contribution >= 4 is 6.08 Å². The molecule has 0 spiro atoms. The van der Waals surface area contributed by atoms with E-state index in [1.807, 2.05) is 26.0 Å².